The molecule has 0 aliphatic carbocycles. The Hall–Kier alpha value is -1.48. The molecule has 2 aromatic rings. The molecule has 0 saturated carbocycles. The average Bonchev–Trinajstić information content (AvgIpc) is 2.88. The molecule has 0 bridgehead atoms. The summed E-state index contributed by atoms with van der Waals surface area (Å²) < 4.78 is 0. The first kappa shape index (κ1) is 14.9. The van der Waals surface area contributed by atoms with E-state index >= 15 is 0 Å². The van der Waals surface area contributed by atoms with Gasteiger partial charge in [0, 0.05) is 28.2 Å². The summed E-state index contributed by atoms with van der Waals surface area (Å²) in [6.45, 7) is 5.83. The standard InChI is InChI=1S/C17H22N2S/c1-4-7-13(17(20-3)12-18-2)10-14-11-19-16-9-6-5-8-15(14)16/h5-6,8-9,11-13,19H,2,4,7,10H2,1,3H3/b17-12-. The Labute approximate surface area is 125 Å². The molecule has 20 heavy (non-hydrogen) atoms. The third-order valence-corrected chi connectivity index (χ3v) is 4.55. The van der Waals surface area contributed by atoms with Gasteiger partial charge in [0.2, 0.25) is 0 Å². The van der Waals surface area contributed by atoms with E-state index in [1.54, 1.807) is 11.8 Å². The molecule has 1 atom stereocenters. The Morgan fingerprint density at radius 1 is 1.45 bits per heavy atom. The number of hydrogen-bond acceptors (Lipinski definition) is 2. The third kappa shape index (κ3) is 3.34. The van der Waals surface area contributed by atoms with Crippen LogP contribution in [-0.4, -0.2) is 18.0 Å². The SMILES string of the molecule is C=N/C=C(\SC)C(CCC)Cc1c[nH]c2ccccc12. The number of nitrogens with zero attached hydrogens (tertiary/aromatic N) is 1. The summed E-state index contributed by atoms with van der Waals surface area (Å²) in [5.74, 6) is 0.528. The van der Waals surface area contributed by atoms with Gasteiger partial charge in [-0.2, -0.15) is 0 Å². The number of nitrogens with one attached hydrogen (secondary N) is 1. The summed E-state index contributed by atoms with van der Waals surface area (Å²) >= 11 is 1.79. The van der Waals surface area contributed by atoms with Gasteiger partial charge in [-0.3, -0.25) is 4.99 Å². The van der Waals surface area contributed by atoms with Crippen LogP contribution in [0.15, 0.2) is 46.6 Å². The van der Waals surface area contributed by atoms with Gasteiger partial charge in [0.25, 0.3) is 0 Å². The Morgan fingerprint density at radius 2 is 2.25 bits per heavy atom. The number of fused-ring (bicyclic) bond motifs is 1. The smallest absolute Gasteiger partial charge is 0.0456 e. The van der Waals surface area contributed by atoms with Crippen molar-refractivity contribution >= 4 is 29.4 Å². The molecule has 2 rings (SSSR count). The van der Waals surface area contributed by atoms with Crippen molar-refractivity contribution in [2.24, 2.45) is 10.9 Å². The number of aliphatic imine (C=N–C) groups is 1. The number of benzene rings is 1. The van der Waals surface area contributed by atoms with Gasteiger partial charge in [0.1, 0.15) is 0 Å². The number of para-hydroxylation sites is 1. The van der Waals surface area contributed by atoms with Crippen molar-refractivity contribution in [2.75, 3.05) is 6.26 Å². The monoisotopic (exact) mass is 286 g/mol. The molecule has 1 N–H and O–H groups in total. The fourth-order valence-electron chi connectivity index (χ4n) is 2.67. The molecule has 0 amide bonds. The lowest BCUT2D eigenvalue weighted by Crippen LogP contribution is -2.06. The van der Waals surface area contributed by atoms with E-state index in [4.69, 9.17) is 0 Å². The van der Waals surface area contributed by atoms with Crippen molar-refractivity contribution in [3.05, 3.63) is 47.1 Å². The molecule has 3 heteroatoms. The minimum atomic E-state index is 0.528. The van der Waals surface area contributed by atoms with Crippen molar-refractivity contribution in [3.8, 4) is 0 Å². The molecule has 0 radical (unpaired) electrons. The zero-order valence-electron chi connectivity index (χ0n) is 12.2. The highest BCUT2D eigenvalue weighted by Gasteiger charge is 2.16. The summed E-state index contributed by atoms with van der Waals surface area (Å²) in [7, 11) is 0. The predicted octanol–water partition coefficient (Wildman–Crippen LogP) is 5.03. The first-order valence-corrected chi connectivity index (χ1v) is 8.27. The quantitative estimate of drug-likeness (QED) is 0.710. The molecule has 1 aromatic carbocycles. The van der Waals surface area contributed by atoms with Gasteiger partial charge in [-0.05, 0) is 43.4 Å². The van der Waals surface area contributed by atoms with E-state index in [9.17, 15) is 0 Å². The summed E-state index contributed by atoms with van der Waals surface area (Å²) in [5.41, 5.74) is 2.61. The zero-order valence-corrected chi connectivity index (χ0v) is 13.0. The second-order valence-corrected chi connectivity index (χ2v) is 5.85. The number of aromatic nitrogens is 1. The number of aromatic amines is 1. The number of allylic oxidation sites excluding steroid dienone is 1. The lowest BCUT2D eigenvalue weighted by Gasteiger charge is -2.17. The number of H-pyrrole nitrogens is 1. The van der Waals surface area contributed by atoms with Crippen LogP contribution in [0.25, 0.3) is 10.9 Å². The van der Waals surface area contributed by atoms with Gasteiger partial charge in [-0.1, -0.05) is 31.5 Å². The highest BCUT2D eigenvalue weighted by Crippen LogP contribution is 2.31. The van der Waals surface area contributed by atoms with Gasteiger partial charge in [-0.15, -0.1) is 11.8 Å². The Kier molecular flexibility index (Phi) is 5.48. The second-order valence-electron chi connectivity index (χ2n) is 4.97. The molecule has 1 unspecified atom stereocenters. The number of hydrogen-bond donors (Lipinski definition) is 1. The van der Waals surface area contributed by atoms with Crippen molar-refractivity contribution in [2.45, 2.75) is 26.2 Å². The van der Waals surface area contributed by atoms with E-state index in [-0.39, 0.29) is 0 Å². The summed E-state index contributed by atoms with van der Waals surface area (Å²) in [6.07, 6.45) is 9.60. The predicted molar refractivity (Wildman–Crippen MR) is 91.5 cm³/mol. The van der Waals surface area contributed by atoms with Gasteiger partial charge in [0.15, 0.2) is 0 Å². The molecular weight excluding hydrogens is 264 g/mol. The van der Waals surface area contributed by atoms with Crippen LogP contribution in [0.1, 0.15) is 25.3 Å². The van der Waals surface area contributed by atoms with E-state index in [0.717, 1.165) is 6.42 Å². The number of rotatable bonds is 7. The van der Waals surface area contributed by atoms with E-state index in [1.807, 2.05) is 6.20 Å². The van der Waals surface area contributed by atoms with Crippen molar-refractivity contribution in [3.63, 3.8) is 0 Å². The van der Waals surface area contributed by atoms with Crippen molar-refractivity contribution < 1.29 is 0 Å². The molecule has 106 valence electrons. The molecule has 1 aromatic heterocycles. The summed E-state index contributed by atoms with van der Waals surface area (Å²) in [6, 6.07) is 8.49. The molecule has 1 heterocycles. The molecule has 0 aliphatic heterocycles. The van der Waals surface area contributed by atoms with Crippen molar-refractivity contribution in [1.29, 1.82) is 0 Å². The minimum Gasteiger partial charge on any atom is -0.361 e. The lowest BCUT2D eigenvalue weighted by atomic mass is 9.94. The molecule has 0 saturated heterocycles. The lowest BCUT2D eigenvalue weighted by molar-refractivity contribution is 0.571. The van der Waals surface area contributed by atoms with Crippen LogP contribution in [0.2, 0.25) is 0 Å². The van der Waals surface area contributed by atoms with Crippen LogP contribution < -0.4 is 0 Å². The van der Waals surface area contributed by atoms with Crippen LogP contribution in [-0.2, 0) is 6.42 Å². The van der Waals surface area contributed by atoms with Gasteiger partial charge >= 0.3 is 0 Å². The maximum Gasteiger partial charge on any atom is 0.0456 e. The van der Waals surface area contributed by atoms with E-state index in [0.29, 0.717) is 5.92 Å². The van der Waals surface area contributed by atoms with Crippen LogP contribution in [0, 0.1) is 5.92 Å². The Bertz CT molecular complexity index is 598. The van der Waals surface area contributed by atoms with E-state index in [2.05, 4.69) is 60.3 Å². The first-order valence-electron chi connectivity index (χ1n) is 7.05. The normalized spacial score (nSPS) is 13.6. The fraction of sp³-hybridized carbons (Fsp3) is 0.353. The van der Waals surface area contributed by atoms with Gasteiger partial charge in [-0.25, -0.2) is 0 Å². The minimum absolute atomic E-state index is 0.528. The highest BCUT2D eigenvalue weighted by atomic mass is 32.2. The molecular formula is C17H22N2S. The maximum absolute atomic E-state index is 3.96. The number of thioether (sulfide) groups is 1. The van der Waals surface area contributed by atoms with Crippen molar-refractivity contribution in [1.82, 2.24) is 4.98 Å². The second kappa shape index (κ2) is 7.34. The van der Waals surface area contributed by atoms with Crippen LogP contribution in [0.5, 0.6) is 0 Å². The molecule has 0 fully saturated rings. The topological polar surface area (TPSA) is 28.1 Å². The Balaban J connectivity index is 2.27. The first-order chi connectivity index (χ1) is 9.80. The fourth-order valence-corrected chi connectivity index (χ4v) is 3.39. The van der Waals surface area contributed by atoms with Gasteiger partial charge in [0.05, 0.1) is 0 Å². The Morgan fingerprint density at radius 3 is 2.95 bits per heavy atom. The van der Waals surface area contributed by atoms with Gasteiger partial charge < -0.3 is 4.98 Å². The molecule has 0 aliphatic rings. The maximum atomic E-state index is 3.96. The third-order valence-electron chi connectivity index (χ3n) is 3.63. The van der Waals surface area contributed by atoms with Crippen LogP contribution in [0.4, 0.5) is 0 Å². The van der Waals surface area contributed by atoms with Crippen LogP contribution in [0.3, 0.4) is 0 Å². The van der Waals surface area contributed by atoms with Crippen LogP contribution >= 0.6 is 11.8 Å². The largest absolute Gasteiger partial charge is 0.361 e. The van der Waals surface area contributed by atoms with E-state index in [1.165, 1.54) is 34.2 Å². The molecule has 2 nitrogen and oxygen atoms in total. The summed E-state index contributed by atoms with van der Waals surface area (Å²) in [4.78, 5) is 8.65. The highest BCUT2D eigenvalue weighted by molar-refractivity contribution is 8.02. The average molecular weight is 286 g/mol. The summed E-state index contributed by atoms with van der Waals surface area (Å²) in [5, 5.41) is 1.33. The van der Waals surface area contributed by atoms with E-state index < -0.39 is 0 Å². The zero-order chi connectivity index (χ0) is 14.4. The molecule has 0 spiro atoms.